The first-order valence-electron chi connectivity index (χ1n) is 7.34. The Balaban J connectivity index is 1.54. The van der Waals surface area contributed by atoms with Crippen molar-refractivity contribution in [3.63, 3.8) is 0 Å². The summed E-state index contributed by atoms with van der Waals surface area (Å²) in [5.41, 5.74) is 0.814. The van der Waals surface area contributed by atoms with Crippen LogP contribution >= 0.6 is 0 Å². The van der Waals surface area contributed by atoms with Gasteiger partial charge in [-0.15, -0.1) is 0 Å². The molecule has 8 nitrogen and oxygen atoms in total. The predicted octanol–water partition coefficient (Wildman–Crippen LogP) is 0.810. The van der Waals surface area contributed by atoms with Gasteiger partial charge in [0.25, 0.3) is 11.8 Å². The van der Waals surface area contributed by atoms with Gasteiger partial charge in [0.15, 0.2) is 0 Å². The smallest absolute Gasteiger partial charge is 0.263 e. The van der Waals surface area contributed by atoms with E-state index in [9.17, 15) is 8.42 Å². The number of morpholine rings is 1. The monoisotopic (exact) mass is 338 g/mol. The highest BCUT2D eigenvalue weighted by molar-refractivity contribution is 7.89. The zero-order chi connectivity index (χ0) is 16.1. The molecule has 0 atom stereocenters. The first-order chi connectivity index (χ1) is 11.1. The lowest BCUT2D eigenvalue weighted by Crippen LogP contribution is -2.42. The van der Waals surface area contributed by atoms with Crippen LogP contribution in [0.5, 0.6) is 0 Å². The Morgan fingerprint density at radius 1 is 1.17 bits per heavy atom. The summed E-state index contributed by atoms with van der Waals surface area (Å²) in [5.74, 6) is 0.646. The summed E-state index contributed by atoms with van der Waals surface area (Å²) < 4.78 is 36.1. The summed E-state index contributed by atoms with van der Waals surface area (Å²) in [6.45, 7) is 1.91. The molecule has 0 saturated carbocycles. The first-order valence-corrected chi connectivity index (χ1v) is 8.95. The third-order valence-electron chi connectivity index (χ3n) is 3.45. The van der Waals surface area contributed by atoms with E-state index >= 15 is 0 Å². The number of benzene rings is 1. The normalized spacial score (nSPS) is 16.3. The highest BCUT2D eigenvalue weighted by atomic mass is 32.2. The maximum absolute atomic E-state index is 12.2. The van der Waals surface area contributed by atoms with Gasteiger partial charge in [0.05, 0.1) is 19.0 Å². The molecular weight excluding hydrogens is 320 g/mol. The van der Waals surface area contributed by atoms with Crippen molar-refractivity contribution in [2.75, 3.05) is 43.9 Å². The molecular formula is C14H18N4O4S. The Morgan fingerprint density at radius 2 is 1.91 bits per heavy atom. The molecule has 1 N–H and O–H groups in total. The summed E-state index contributed by atoms with van der Waals surface area (Å²) in [5, 5.41) is 6.68. The number of ether oxygens (including phenoxy) is 1. The van der Waals surface area contributed by atoms with Crippen LogP contribution in [0.3, 0.4) is 0 Å². The van der Waals surface area contributed by atoms with E-state index in [1.165, 1.54) is 4.31 Å². The van der Waals surface area contributed by atoms with Crippen LogP contribution in [0.4, 0.5) is 5.95 Å². The fourth-order valence-electron chi connectivity index (χ4n) is 2.24. The van der Waals surface area contributed by atoms with Crippen molar-refractivity contribution >= 4 is 16.0 Å². The Hall–Kier alpha value is -1.97. The van der Waals surface area contributed by atoms with Gasteiger partial charge < -0.3 is 14.6 Å². The highest BCUT2D eigenvalue weighted by Gasteiger charge is 2.23. The summed E-state index contributed by atoms with van der Waals surface area (Å²) >= 11 is 0. The minimum absolute atomic E-state index is 0.0256. The van der Waals surface area contributed by atoms with Crippen molar-refractivity contribution in [1.29, 1.82) is 0 Å². The Morgan fingerprint density at radius 3 is 2.65 bits per heavy atom. The zero-order valence-electron chi connectivity index (χ0n) is 12.5. The van der Waals surface area contributed by atoms with E-state index in [1.807, 2.05) is 30.3 Å². The average Bonchev–Trinajstić information content (AvgIpc) is 3.05. The van der Waals surface area contributed by atoms with Gasteiger partial charge >= 0.3 is 0 Å². The maximum atomic E-state index is 12.2. The zero-order valence-corrected chi connectivity index (χ0v) is 13.3. The van der Waals surface area contributed by atoms with E-state index in [0.717, 1.165) is 5.56 Å². The largest absolute Gasteiger partial charge is 0.379 e. The number of nitrogens with zero attached hydrogens (tertiary/aromatic N) is 3. The van der Waals surface area contributed by atoms with Gasteiger partial charge in [-0.2, -0.15) is 9.29 Å². The van der Waals surface area contributed by atoms with E-state index in [2.05, 4.69) is 15.5 Å². The van der Waals surface area contributed by atoms with Crippen LogP contribution in [0.25, 0.3) is 11.5 Å². The van der Waals surface area contributed by atoms with Crippen molar-refractivity contribution in [2.24, 2.45) is 0 Å². The van der Waals surface area contributed by atoms with Gasteiger partial charge in [-0.1, -0.05) is 18.2 Å². The first kappa shape index (κ1) is 15.9. The van der Waals surface area contributed by atoms with Gasteiger partial charge in [0.2, 0.25) is 10.0 Å². The standard InChI is InChI=1S/C14H18N4O4S/c19-23(20,18-7-9-21-10-8-18)11-6-15-14-16-13(22-17-14)12-4-2-1-3-5-12/h1-5H,6-11H2,(H,15,17). The van der Waals surface area contributed by atoms with Crippen molar-refractivity contribution in [1.82, 2.24) is 14.4 Å². The van der Waals surface area contributed by atoms with E-state index in [1.54, 1.807) is 0 Å². The second-order valence-electron chi connectivity index (χ2n) is 5.04. The number of rotatable bonds is 6. The molecule has 0 spiro atoms. The summed E-state index contributed by atoms with van der Waals surface area (Å²) in [6, 6.07) is 9.37. The molecule has 1 aliphatic rings. The molecule has 2 aromatic rings. The highest BCUT2D eigenvalue weighted by Crippen LogP contribution is 2.17. The van der Waals surface area contributed by atoms with Crippen LogP contribution in [0.2, 0.25) is 0 Å². The Kier molecular flexibility index (Phi) is 4.89. The van der Waals surface area contributed by atoms with Crippen LogP contribution in [-0.2, 0) is 14.8 Å². The van der Waals surface area contributed by atoms with Crippen molar-refractivity contribution in [3.8, 4) is 11.5 Å². The number of sulfonamides is 1. The fraction of sp³-hybridized carbons (Fsp3) is 0.429. The van der Waals surface area contributed by atoms with E-state index in [-0.39, 0.29) is 18.2 Å². The number of anilines is 1. The lowest BCUT2D eigenvalue weighted by atomic mass is 10.2. The molecule has 0 unspecified atom stereocenters. The van der Waals surface area contributed by atoms with Crippen molar-refractivity contribution in [3.05, 3.63) is 30.3 Å². The minimum Gasteiger partial charge on any atom is -0.379 e. The quantitative estimate of drug-likeness (QED) is 0.832. The average molecular weight is 338 g/mol. The summed E-state index contributed by atoms with van der Waals surface area (Å²) in [4.78, 5) is 4.20. The van der Waals surface area contributed by atoms with Gasteiger partial charge in [-0.25, -0.2) is 8.42 Å². The van der Waals surface area contributed by atoms with E-state index in [4.69, 9.17) is 9.26 Å². The SMILES string of the molecule is O=S(=O)(CCNc1noc(-c2ccccc2)n1)N1CCOCC1. The maximum Gasteiger partial charge on any atom is 0.263 e. The molecule has 3 rings (SSSR count). The summed E-state index contributed by atoms with van der Waals surface area (Å²) in [7, 11) is -3.29. The number of hydrogen-bond acceptors (Lipinski definition) is 7. The third-order valence-corrected chi connectivity index (χ3v) is 5.33. The van der Waals surface area contributed by atoms with Gasteiger partial charge in [-0.05, 0) is 17.3 Å². The second kappa shape index (κ2) is 7.07. The van der Waals surface area contributed by atoms with Crippen molar-refractivity contribution in [2.45, 2.75) is 0 Å². The topological polar surface area (TPSA) is 97.6 Å². The van der Waals surface area contributed by atoms with E-state index < -0.39 is 10.0 Å². The molecule has 1 fully saturated rings. The lowest BCUT2D eigenvalue weighted by Gasteiger charge is -2.25. The molecule has 9 heteroatoms. The molecule has 2 heterocycles. The van der Waals surface area contributed by atoms with Gasteiger partial charge in [0, 0.05) is 25.2 Å². The number of aromatic nitrogens is 2. The number of nitrogens with one attached hydrogen (secondary N) is 1. The Labute approximate surface area is 134 Å². The molecule has 1 aliphatic heterocycles. The van der Waals surface area contributed by atoms with Gasteiger partial charge in [0.1, 0.15) is 0 Å². The molecule has 0 radical (unpaired) electrons. The van der Waals surface area contributed by atoms with Crippen LogP contribution < -0.4 is 5.32 Å². The van der Waals surface area contributed by atoms with Crippen LogP contribution in [0.15, 0.2) is 34.9 Å². The molecule has 0 bridgehead atoms. The molecule has 23 heavy (non-hydrogen) atoms. The summed E-state index contributed by atoms with van der Waals surface area (Å²) in [6.07, 6.45) is 0. The van der Waals surface area contributed by atoms with Gasteiger partial charge in [-0.3, -0.25) is 0 Å². The van der Waals surface area contributed by atoms with Crippen molar-refractivity contribution < 1.29 is 17.7 Å². The van der Waals surface area contributed by atoms with E-state index in [0.29, 0.717) is 32.2 Å². The van der Waals surface area contributed by atoms with Crippen LogP contribution in [-0.4, -0.2) is 61.5 Å². The lowest BCUT2D eigenvalue weighted by molar-refractivity contribution is 0.0731. The molecule has 0 amide bonds. The molecule has 1 aromatic carbocycles. The second-order valence-corrected chi connectivity index (χ2v) is 7.13. The molecule has 1 aromatic heterocycles. The molecule has 1 saturated heterocycles. The predicted molar refractivity (Wildman–Crippen MR) is 84.4 cm³/mol. The molecule has 124 valence electrons. The third kappa shape index (κ3) is 4.06. The fourth-order valence-corrected chi connectivity index (χ4v) is 3.56. The minimum atomic E-state index is -3.29. The number of hydrogen-bond donors (Lipinski definition) is 1. The molecule has 0 aliphatic carbocycles. The Bertz CT molecular complexity index is 726. The van der Waals surface area contributed by atoms with Crippen LogP contribution in [0, 0.1) is 0 Å². The van der Waals surface area contributed by atoms with Crippen LogP contribution in [0.1, 0.15) is 0 Å².